The van der Waals surface area contributed by atoms with Crippen molar-refractivity contribution in [3.63, 3.8) is 0 Å². The number of hydrogen-bond donors (Lipinski definition) is 7. The lowest BCUT2D eigenvalue weighted by molar-refractivity contribution is -0.218. The van der Waals surface area contributed by atoms with Gasteiger partial charge in [-0.2, -0.15) is 0 Å². The highest BCUT2D eigenvalue weighted by molar-refractivity contribution is 4.82. The van der Waals surface area contributed by atoms with Gasteiger partial charge in [0.1, 0.15) is 24.4 Å². The van der Waals surface area contributed by atoms with E-state index in [9.17, 15) is 25.5 Å². The summed E-state index contributed by atoms with van der Waals surface area (Å²) in [6.45, 7) is 1.04. The highest BCUT2D eigenvalue weighted by Gasteiger charge is 2.34. The van der Waals surface area contributed by atoms with Crippen LogP contribution in [-0.2, 0) is 4.74 Å². The second-order valence-corrected chi connectivity index (χ2v) is 5.45. The molecule has 0 amide bonds. The summed E-state index contributed by atoms with van der Waals surface area (Å²) in [4.78, 5) is 0. The van der Waals surface area contributed by atoms with Gasteiger partial charge < -0.3 is 40.5 Å². The summed E-state index contributed by atoms with van der Waals surface area (Å²) in [7, 11) is 0. The Labute approximate surface area is 130 Å². The van der Waals surface area contributed by atoms with Gasteiger partial charge in [0.2, 0.25) is 0 Å². The lowest BCUT2D eigenvalue weighted by atomic mass is 10.0. The summed E-state index contributed by atoms with van der Waals surface area (Å²) in [6.07, 6.45) is -5.45. The summed E-state index contributed by atoms with van der Waals surface area (Å²) in [5.41, 5.74) is 0. The van der Waals surface area contributed by atoms with Crippen LogP contribution in [0.5, 0.6) is 0 Å². The van der Waals surface area contributed by atoms with E-state index < -0.39 is 43.4 Å². The van der Waals surface area contributed by atoms with E-state index in [1.807, 2.05) is 0 Å². The molecular weight excluding hydrogens is 296 g/mol. The van der Waals surface area contributed by atoms with Crippen LogP contribution in [0.4, 0.5) is 0 Å². The number of hydrogen-bond acceptors (Lipinski definition) is 8. The fourth-order valence-electron chi connectivity index (χ4n) is 1.90. The van der Waals surface area contributed by atoms with Crippen molar-refractivity contribution >= 4 is 0 Å². The molecule has 8 heteroatoms. The predicted molar refractivity (Wildman–Crippen MR) is 77.8 cm³/mol. The zero-order chi connectivity index (χ0) is 17.1. The molecule has 0 aromatic heterocycles. The lowest BCUT2D eigenvalue weighted by Crippen LogP contribution is -2.50. The van der Waals surface area contributed by atoms with Crippen LogP contribution in [-0.4, -0.2) is 85.8 Å². The minimum absolute atomic E-state index is 0.226. The minimum Gasteiger partial charge on any atom is -0.394 e. The van der Waals surface area contributed by atoms with Crippen LogP contribution in [0.15, 0.2) is 0 Å². The maximum absolute atomic E-state index is 9.65. The van der Waals surface area contributed by atoms with Gasteiger partial charge in [0, 0.05) is 0 Å². The molecule has 0 radical (unpaired) electrons. The van der Waals surface area contributed by atoms with Gasteiger partial charge in [-0.1, -0.05) is 32.6 Å². The molecule has 0 aromatic carbocycles. The third-order valence-electron chi connectivity index (χ3n) is 3.42. The van der Waals surface area contributed by atoms with Crippen molar-refractivity contribution in [3.05, 3.63) is 0 Å². The smallest absolute Gasteiger partial charge is 0.183 e. The quantitative estimate of drug-likeness (QED) is 0.153. The van der Waals surface area contributed by atoms with Crippen LogP contribution in [0.25, 0.3) is 0 Å². The van der Waals surface area contributed by atoms with Gasteiger partial charge in [0.05, 0.1) is 19.3 Å². The van der Waals surface area contributed by atoms with E-state index in [-0.39, 0.29) is 6.61 Å². The molecule has 0 aliphatic carbocycles. The van der Waals surface area contributed by atoms with Crippen LogP contribution in [0.3, 0.4) is 0 Å². The first-order valence-electron chi connectivity index (χ1n) is 7.65. The number of rotatable bonds is 13. The van der Waals surface area contributed by atoms with E-state index in [1.54, 1.807) is 0 Å². The lowest BCUT2D eigenvalue weighted by Gasteiger charge is -2.28. The Morgan fingerprint density at radius 3 is 2.00 bits per heavy atom. The van der Waals surface area contributed by atoms with Crippen molar-refractivity contribution in [1.82, 2.24) is 0 Å². The zero-order valence-electron chi connectivity index (χ0n) is 13.0. The van der Waals surface area contributed by atoms with Gasteiger partial charge in [0.25, 0.3) is 0 Å². The molecule has 0 saturated carbocycles. The summed E-state index contributed by atoms with van der Waals surface area (Å²) in [6, 6.07) is 0. The Bertz CT molecular complexity index is 265. The molecule has 134 valence electrons. The number of unbranched alkanes of at least 4 members (excludes halogenated alkanes) is 3. The first kappa shape index (κ1) is 21.7. The van der Waals surface area contributed by atoms with Gasteiger partial charge in [-0.05, 0) is 6.42 Å². The van der Waals surface area contributed by atoms with Crippen molar-refractivity contribution < 1.29 is 40.5 Å². The number of aliphatic hydroxyl groups excluding tert-OH is 7. The van der Waals surface area contributed by atoms with E-state index in [1.165, 1.54) is 0 Å². The highest BCUT2D eigenvalue weighted by atomic mass is 16.6. The Morgan fingerprint density at radius 2 is 1.45 bits per heavy atom. The fraction of sp³-hybridized carbons (Fsp3) is 1.00. The standard InChI is InChI=1S/C14H30O8/c1-2-3-4-5-6-9(16)8-22-14(21)13(20)12(19)11(18)10(17)7-15/h9-21H,2-8H2,1H3/t9?,10-,11-,12+,13-,14?/m1/s1. The zero-order valence-corrected chi connectivity index (χ0v) is 13.0. The van der Waals surface area contributed by atoms with Crippen molar-refractivity contribution in [2.45, 2.75) is 75.8 Å². The Balaban J connectivity index is 4.05. The molecule has 0 fully saturated rings. The third-order valence-corrected chi connectivity index (χ3v) is 3.42. The van der Waals surface area contributed by atoms with Gasteiger partial charge in [-0.25, -0.2) is 0 Å². The second-order valence-electron chi connectivity index (χ2n) is 5.45. The summed E-state index contributed by atoms with van der Waals surface area (Å²) in [5, 5.41) is 65.6. The largest absolute Gasteiger partial charge is 0.394 e. The molecule has 0 spiro atoms. The van der Waals surface area contributed by atoms with Crippen LogP contribution in [0.2, 0.25) is 0 Å². The molecule has 0 bridgehead atoms. The van der Waals surface area contributed by atoms with E-state index in [2.05, 4.69) is 6.92 Å². The molecule has 0 aromatic rings. The Morgan fingerprint density at radius 1 is 0.818 bits per heavy atom. The molecule has 7 N–H and O–H groups in total. The van der Waals surface area contributed by atoms with Gasteiger partial charge in [0.15, 0.2) is 6.29 Å². The molecule has 0 aliphatic rings. The molecule has 2 unspecified atom stereocenters. The average molecular weight is 326 g/mol. The minimum atomic E-state index is -1.90. The van der Waals surface area contributed by atoms with Crippen LogP contribution < -0.4 is 0 Å². The van der Waals surface area contributed by atoms with Crippen molar-refractivity contribution in [2.24, 2.45) is 0 Å². The van der Waals surface area contributed by atoms with E-state index in [0.29, 0.717) is 6.42 Å². The van der Waals surface area contributed by atoms with Gasteiger partial charge in [-0.3, -0.25) is 0 Å². The Hall–Kier alpha value is -0.320. The van der Waals surface area contributed by atoms with Crippen molar-refractivity contribution in [1.29, 1.82) is 0 Å². The van der Waals surface area contributed by atoms with Gasteiger partial charge >= 0.3 is 0 Å². The molecule has 0 rings (SSSR count). The maximum atomic E-state index is 9.65. The monoisotopic (exact) mass is 326 g/mol. The molecule has 0 saturated heterocycles. The number of ether oxygens (including phenoxy) is 1. The molecule has 6 atom stereocenters. The van der Waals surface area contributed by atoms with Gasteiger partial charge in [-0.15, -0.1) is 0 Å². The topological polar surface area (TPSA) is 151 Å². The fourth-order valence-corrected chi connectivity index (χ4v) is 1.90. The first-order chi connectivity index (χ1) is 10.3. The summed E-state index contributed by atoms with van der Waals surface area (Å²) in [5.74, 6) is 0. The number of aliphatic hydroxyl groups is 7. The average Bonchev–Trinajstić information content (AvgIpc) is 2.53. The molecule has 0 aliphatic heterocycles. The second kappa shape index (κ2) is 12.1. The third kappa shape index (κ3) is 8.35. The van der Waals surface area contributed by atoms with Crippen LogP contribution in [0.1, 0.15) is 39.0 Å². The molecule has 22 heavy (non-hydrogen) atoms. The molecule has 8 nitrogen and oxygen atoms in total. The van der Waals surface area contributed by atoms with E-state index in [0.717, 1.165) is 25.7 Å². The first-order valence-corrected chi connectivity index (χ1v) is 7.65. The van der Waals surface area contributed by atoms with E-state index >= 15 is 0 Å². The van der Waals surface area contributed by atoms with Crippen LogP contribution in [0, 0.1) is 0 Å². The van der Waals surface area contributed by atoms with Crippen LogP contribution >= 0.6 is 0 Å². The van der Waals surface area contributed by atoms with Crippen molar-refractivity contribution in [3.8, 4) is 0 Å². The maximum Gasteiger partial charge on any atom is 0.183 e. The summed E-state index contributed by atoms with van der Waals surface area (Å²) < 4.78 is 4.85. The Kier molecular flexibility index (Phi) is 12.0. The summed E-state index contributed by atoms with van der Waals surface area (Å²) >= 11 is 0. The van der Waals surface area contributed by atoms with Crippen molar-refractivity contribution in [2.75, 3.05) is 13.2 Å². The van der Waals surface area contributed by atoms with E-state index in [4.69, 9.17) is 14.9 Å². The predicted octanol–water partition coefficient (Wildman–Crippen LogP) is -1.91. The SMILES string of the molecule is CCCCCCC(O)COC(O)[C@H](O)[C@@H](O)[C@H](O)[C@H](O)CO. The molecular formula is C14H30O8. The highest BCUT2D eigenvalue weighted by Crippen LogP contribution is 2.11. The normalized spacial score (nSPS) is 20.2. The molecule has 0 heterocycles.